The van der Waals surface area contributed by atoms with Crippen LogP contribution in [-0.4, -0.2) is 0 Å². The van der Waals surface area contributed by atoms with E-state index in [1.54, 1.807) is 0 Å². The summed E-state index contributed by atoms with van der Waals surface area (Å²) in [5.74, 6) is 0. The van der Waals surface area contributed by atoms with E-state index in [1.807, 2.05) is 12.2 Å². The molecular formula is C8H9IZn-. The number of hydrogen-bond donors (Lipinski definition) is 0. The molecule has 51 valence electrons. The zero-order valence-corrected chi connectivity index (χ0v) is 11.2. The standard InChI is InChI=1S/C8H9.HI.Zn/c1-2-8-6-4-3-5-7-8;;/h4-7H,2H2,1H3;1H;/p-1. The molecule has 0 bridgehead atoms. The molecule has 0 saturated heterocycles. The van der Waals surface area contributed by atoms with E-state index in [4.69, 9.17) is 0 Å². The van der Waals surface area contributed by atoms with Crippen molar-refractivity contribution in [1.29, 1.82) is 0 Å². The maximum atomic E-state index is 2.97. The van der Waals surface area contributed by atoms with Crippen LogP contribution < -0.4 is 24.0 Å². The van der Waals surface area contributed by atoms with Crippen LogP contribution in [0.15, 0.2) is 29.5 Å². The molecule has 0 aromatic carbocycles. The van der Waals surface area contributed by atoms with Crippen LogP contribution in [0.5, 0.6) is 0 Å². The Hall–Kier alpha value is 0.613. The minimum atomic E-state index is 0. The van der Waals surface area contributed by atoms with Crippen LogP contribution in [-0.2, 0) is 19.5 Å². The van der Waals surface area contributed by atoms with Gasteiger partial charge in [0, 0.05) is 25.9 Å². The molecule has 0 spiro atoms. The zero-order valence-electron chi connectivity index (χ0n) is 6.10. The van der Waals surface area contributed by atoms with E-state index < -0.39 is 0 Å². The summed E-state index contributed by atoms with van der Waals surface area (Å²) in [7, 11) is 0. The molecule has 1 radical (unpaired) electrons. The van der Waals surface area contributed by atoms with Crippen LogP contribution >= 0.6 is 0 Å². The van der Waals surface area contributed by atoms with Gasteiger partial charge in [-0.2, -0.15) is 0 Å². The van der Waals surface area contributed by atoms with E-state index in [0.29, 0.717) is 0 Å². The van der Waals surface area contributed by atoms with Crippen molar-refractivity contribution in [2.24, 2.45) is 0 Å². The third kappa shape index (κ3) is 4.43. The van der Waals surface area contributed by atoms with Crippen LogP contribution in [0, 0.1) is 6.42 Å². The molecule has 1 aliphatic carbocycles. The predicted molar refractivity (Wildman–Crippen MR) is 35.3 cm³/mol. The molecule has 0 aliphatic heterocycles. The summed E-state index contributed by atoms with van der Waals surface area (Å²) in [5.41, 5.74) is 4.35. The fourth-order valence-corrected chi connectivity index (χ4v) is 0.657. The Balaban J connectivity index is 0. The average molecular weight is 297 g/mol. The molecule has 2 heteroatoms. The van der Waals surface area contributed by atoms with Crippen molar-refractivity contribution in [3.05, 3.63) is 36.0 Å². The van der Waals surface area contributed by atoms with Gasteiger partial charge in [0.25, 0.3) is 0 Å². The first kappa shape index (κ1) is 13.2. The second-order valence-corrected chi connectivity index (χ2v) is 1.76. The van der Waals surface area contributed by atoms with Crippen LogP contribution in [0.2, 0.25) is 0 Å². The molecule has 0 fully saturated rings. The van der Waals surface area contributed by atoms with Gasteiger partial charge < -0.3 is 24.0 Å². The molecule has 0 nitrogen and oxygen atoms in total. The topological polar surface area (TPSA) is 0 Å². The van der Waals surface area contributed by atoms with Gasteiger partial charge in [-0.15, -0.1) is 5.73 Å². The van der Waals surface area contributed by atoms with Crippen molar-refractivity contribution in [2.75, 3.05) is 0 Å². The van der Waals surface area contributed by atoms with Gasteiger partial charge in [-0.3, -0.25) is 0 Å². The summed E-state index contributed by atoms with van der Waals surface area (Å²) < 4.78 is 0. The third-order valence-corrected chi connectivity index (χ3v) is 1.20. The molecule has 0 aromatic rings. The number of allylic oxidation sites excluding steroid dienone is 3. The maximum absolute atomic E-state index is 2.97. The van der Waals surface area contributed by atoms with Gasteiger partial charge in [0.1, 0.15) is 0 Å². The second kappa shape index (κ2) is 7.72. The number of hydrogen-bond acceptors (Lipinski definition) is 0. The molecule has 0 amide bonds. The quantitative estimate of drug-likeness (QED) is 0.340. The molecule has 0 unspecified atom stereocenters. The maximum Gasteiger partial charge on any atom is 0.0162 e. The smallest absolute Gasteiger partial charge is 0.0162 e. The van der Waals surface area contributed by atoms with E-state index in [9.17, 15) is 0 Å². The molecule has 1 aliphatic rings. The van der Waals surface area contributed by atoms with Gasteiger partial charge in [0.15, 0.2) is 0 Å². The van der Waals surface area contributed by atoms with E-state index in [-0.39, 0.29) is 43.5 Å². The molecule has 0 N–H and O–H groups in total. The summed E-state index contributed by atoms with van der Waals surface area (Å²) in [5, 5.41) is 0. The molecule has 0 heterocycles. The fraction of sp³-hybridized carbons (Fsp3) is 0.250. The van der Waals surface area contributed by atoms with Crippen molar-refractivity contribution in [3.8, 4) is 0 Å². The molecule has 10 heavy (non-hydrogen) atoms. The first-order chi connectivity index (χ1) is 3.93. The predicted octanol–water partition coefficient (Wildman–Crippen LogP) is -0.747. The summed E-state index contributed by atoms with van der Waals surface area (Å²) in [6, 6.07) is 0. The van der Waals surface area contributed by atoms with Gasteiger partial charge in [0.2, 0.25) is 0 Å². The van der Waals surface area contributed by atoms with Crippen molar-refractivity contribution >= 4 is 0 Å². The van der Waals surface area contributed by atoms with Gasteiger partial charge in [-0.25, -0.2) is 0 Å². The number of halogens is 1. The van der Waals surface area contributed by atoms with E-state index >= 15 is 0 Å². The Bertz CT molecular complexity index is 164. The van der Waals surface area contributed by atoms with Crippen LogP contribution in [0.1, 0.15) is 13.3 Å². The van der Waals surface area contributed by atoms with Crippen LogP contribution in [0.3, 0.4) is 0 Å². The summed E-state index contributed by atoms with van der Waals surface area (Å²) in [4.78, 5) is 0. The largest absolute Gasteiger partial charge is 1.00 e. The Kier molecular flexibility index (Phi) is 10.2. The normalized spacial score (nSPS) is 13.1. The fourth-order valence-electron chi connectivity index (χ4n) is 0.657. The average Bonchev–Trinajstić information content (AvgIpc) is 1.90. The molecule has 0 atom stereocenters. The minimum Gasteiger partial charge on any atom is -1.00 e. The third-order valence-electron chi connectivity index (χ3n) is 1.20. The SMILES string of the molecule is CCC1=CC=C=C[CH]1.[I-].[Zn]. The van der Waals surface area contributed by atoms with Gasteiger partial charge in [-0.1, -0.05) is 18.6 Å². The first-order valence-electron chi connectivity index (χ1n) is 2.88. The Morgan fingerprint density at radius 3 is 2.40 bits per heavy atom. The molecular weight excluding hydrogens is 288 g/mol. The summed E-state index contributed by atoms with van der Waals surface area (Å²) >= 11 is 0. The van der Waals surface area contributed by atoms with Crippen molar-refractivity contribution in [2.45, 2.75) is 13.3 Å². The van der Waals surface area contributed by atoms with E-state index in [0.717, 1.165) is 6.42 Å². The van der Waals surface area contributed by atoms with Crippen LogP contribution in [0.25, 0.3) is 0 Å². The molecule has 0 saturated carbocycles. The van der Waals surface area contributed by atoms with Gasteiger partial charge in [0.05, 0.1) is 0 Å². The van der Waals surface area contributed by atoms with Gasteiger partial charge in [-0.05, 0) is 18.6 Å². The minimum absolute atomic E-state index is 0. The Morgan fingerprint density at radius 1 is 1.40 bits per heavy atom. The number of rotatable bonds is 1. The van der Waals surface area contributed by atoms with Crippen molar-refractivity contribution in [3.63, 3.8) is 0 Å². The first-order valence-corrected chi connectivity index (χ1v) is 2.88. The zero-order chi connectivity index (χ0) is 5.82. The Labute approximate surface area is 92.2 Å². The van der Waals surface area contributed by atoms with Crippen molar-refractivity contribution in [1.82, 2.24) is 0 Å². The second-order valence-electron chi connectivity index (χ2n) is 1.76. The molecule has 1 rings (SSSR count). The van der Waals surface area contributed by atoms with Crippen molar-refractivity contribution < 1.29 is 43.5 Å². The monoisotopic (exact) mass is 296 g/mol. The molecule has 0 aromatic heterocycles. The van der Waals surface area contributed by atoms with E-state index in [2.05, 4.69) is 25.2 Å². The van der Waals surface area contributed by atoms with Crippen LogP contribution in [0.4, 0.5) is 0 Å². The summed E-state index contributed by atoms with van der Waals surface area (Å²) in [6.07, 6.45) is 9.17. The summed E-state index contributed by atoms with van der Waals surface area (Å²) in [6.45, 7) is 2.15. The van der Waals surface area contributed by atoms with E-state index in [1.165, 1.54) is 5.57 Å². The van der Waals surface area contributed by atoms with Gasteiger partial charge >= 0.3 is 0 Å². The Morgan fingerprint density at radius 2 is 2.10 bits per heavy atom.